The summed E-state index contributed by atoms with van der Waals surface area (Å²) in [6.07, 6.45) is 7.58. The SMILES string of the molecule is COCCOCCOCCOc1cccc(-c2c3nc(c(-c4ccc(NC(=O)OC(C)(C)C)cc4)c4ccc([nH]4)c(-c4cccc(OCCOCCOCCOC)c4)c4nc(c(Br)c5ccc2[nH]5)C=C4)C=C3)c1. The standard InChI is InChI=1S/C57H62BrN5O10/c1-57(2,3)73-56(64)59-41-14-12-38(13-15-41)52-44-16-18-46(60-44)53(39-8-6-10-42(36-39)71-34-32-69-30-28-67-26-24-65-4)48-20-22-50(62-48)55(58)51-23-21-49(63-51)54(47-19-17-45(52)61-47)40-9-7-11-43(37-40)72-35-33-70-31-29-68-27-25-66-5/h6-23,36-37,60,63H,24-35H2,1-5H3,(H,59,64). The maximum Gasteiger partial charge on any atom is 0.412 e. The van der Waals surface area contributed by atoms with Crippen LogP contribution in [0.1, 0.15) is 43.5 Å². The van der Waals surface area contributed by atoms with Crippen molar-refractivity contribution >= 4 is 74.1 Å². The van der Waals surface area contributed by atoms with E-state index in [0.717, 1.165) is 82.7 Å². The van der Waals surface area contributed by atoms with E-state index >= 15 is 0 Å². The summed E-state index contributed by atoms with van der Waals surface area (Å²) < 4.78 is 51.3. The molecular formula is C57H62BrN5O10. The number of nitrogens with zero attached hydrogens (tertiary/aromatic N) is 2. The number of H-pyrrole nitrogens is 2. The molecule has 2 aliphatic rings. The van der Waals surface area contributed by atoms with Crippen molar-refractivity contribution in [3.8, 4) is 44.9 Å². The first-order chi connectivity index (χ1) is 35.6. The van der Waals surface area contributed by atoms with Crippen LogP contribution in [0.25, 0.3) is 79.8 Å². The summed E-state index contributed by atoms with van der Waals surface area (Å²) in [5.74, 6) is 1.38. The van der Waals surface area contributed by atoms with Gasteiger partial charge in [0.15, 0.2) is 0 Å². The normalized spacial score (nSPS) is 12.1. The number of rotatable bonds is 24. The number of carbonyl (C=O) groups excluding carboxylic acids is 1. The van der Waals surface area contributed by atoms with Crippen LogP contribution in [-0.2, 0) is 33.2 Å². The molecule has 8 rings (SSSR count). The highest BCUT2D eigenvalue weighted by atomic mass is 79.9. The highest BCUT2D eigenvalue weighted by Crippen LogP contribution is 2.39. The monoisotopic (exact) mass is 1060 g/mol. The zero-order valence-electron chi connectivity index (χ0n) is 41.9. The predicted molar refractivity (Wildman–Crippen MR) is 291 cm³/mol. The molecule has 73 heavy (non-hydrogen) atoms. The third kappa shape index (κ3) is 14.5. The van der Waals surface area contributed by atoms with E-state index in [4.69, 9.17) is 52.6 Å². The van der Waals surface area contributed by atoms with Crippen LogP contribution in [0.3, 0.4) is 0 Å². The lowest BCUT2D eigenvalue weighted by Gasteiger charge is -2.19. The Morgan fingerprint density at radius 2 is 0.918 bits per heavy atom. The fourth-order valence-electron chi connectivity index (χ4n) is 8.07. The molecule has 0 aliphatic carbocycles. The lowest BCUT2D eigenvalue weighted by atomic mass is 10.0. The molecule has 382 valence electrons. The highest BCUT2D eigenvalue weighted by molar-refractivity contribution is 9.10. The number of ether oxygens (including phenoxy) is 9. The minimum Gasteiger partial charge on any atom is -0.491 e. The van der Waals surface area contributed by atoms with Gasteiger partial charge in [0.2, 0.25) is 0 Å². The van der Waals surface area contributed by atoms with E-state index < -0.39 is 11.7 Å². The number of methoxy groups -OCH3 is 2. The van der Waals surface area contributed by atoms with Gasteiger partial charge in [-0.25, -0.2) is 14.8 Å². The highest BCUT2D eigenvalue weighted by Gasteiger charge is 2.20. The summed E-state index contributed by atoms with van der Waals surface area (Å²) in [6, 6.07) is 31.9. The van der Waals surface area contributed by atoms with Crippen LogP contribution in [0.15, 0.2) is 102 Å². The Balaban J connectivity index is 1.21. The van der Waals surface area contributed by atoms with Crippen LogP contribution in [0.5, 0.6) is 11.5 Å². The molecule has 16 heteroatoms. The van der Waals surface area contributed by atoms with Crippen LogP contribution in [0.2, 0.25) is 0 Å². The maximum absolute atomic E-state index is 12.8. The van der Waals surface area contributed by atoms with Crippen molar-refractivity contribution in [1.29, 1.82) is 0 Å². The van der Waals surface area contributed by atoms with Gasteiger partial charge >= 0.3 is 6.09 Å². The molecule has 3 N–H and O–H groups in total. The second kappa shape index (κ2) is 25.8. The molecule has 3 aromatic heterocycles. The Labute approximate surface area is 434 Å². The summed E-state index contributed by atoms with van der Waals surface area (Å²) in [6.45, 7) is 11.1. The maximum atomic E-state index is 12.8. The second-order valence-electron chi connectivity index (χ2n) is 17.8. The van der Waals surface area contributed by atoms with Crippen molar-refractivity contribution < 1.29 is 47.4 Å². The molecule has 15 nitrogen and oxygen atoms in total. The van der Waals surface area contributed by atoms with Gasteiger partial charge in [-0.3, -0.25) is 5.32 Å². The molecule has 0 spiro atoms. The van der Waals surface area contributed by atoms with Gasteiger partial charge in [-0.2, -0.15) is 0 Å². The number of fused-ring (bicyclic) bond motifs is 8. The van der Waals surface area contributed by atoms with E-state index in [9.17, 15) is 4.79 Å². The smallest absolute Gasteiger partial charge is 0.412 e. The summed E-state index contributed by atoms with van der Waals surface area (Å²) >= 11 is 3.92. The third-order valence-corrected chi connectivity index (χ3v) is 12.2. The van der Waals surface area contributed by atoms with Gasteiger partial charge in [-0.05, 0) is 138 Å². The number of benzene rings is 3. The molecule has 6 aromatic rings. The fourth-order valence-corrected chi connectivity index (χ4v) is 8.52. The van der Waals surface area contributed by atoms with Gasteiger partial charge in [-0.1, -0.05) is 36.4 Å². The lowest BCUT2D eigenvalue weighted by molar-refractivity contribution is 0.0180. The fraction of sp³-hybridized carbons (Fsp3) is 0.316. The van der Waals surface area contributed by atoms with Gasteiger partial charge in [0.1, 0.15) is 30.3 Å². The molecule has 0 fully saturated rings. The number of hydrogen-bond donors (Lipinski definition) is 3. The van der Waals surface area contributed by atoms with Crippen molar-refractivity contribution in [1.82, 2.24) is 19.9 Å². The average molecular weight is 1060 g/mol. The number of nitrogens with one attached hydrogen (secondary N) is 3. The van der Waals surface area contributed by atoms with E-state index in [1.807, 2.05) is 112 Å². The van der Waals surface area contributed by atoms with E-state index in [1.165, 1.54) is 0 Å². The molecular weight excluding hydrogens is 995 g/mol. The molecule has 3 aromatic carbocycles. The Bertz CT molecular complexity index is 2990. The first-order valence-corrected chi connectivity index (χ1v) is 25.0. The Morgan fingerprint density at radius 1 is 0.507 bits per heavy atom. The van der Waals surface area contributed by atoms with Crippen molar-refractivity contribution in [2.24, 2.45) is 0 Å². The number of carbonyl (C=O) groups is 1. The number of aromatic nitrogens is 4. The largest absolute Gasteiger partial charge is 0.491 e. The number of halogens is 1. The minimum atomic E-state index is -0.648. The molecule has 8 bridgehead atoms. The topological polar surface area (TPSA) is 170 Å². The summed E-state index contributed by atoms with van der Waals surface area (Å²) in [7, 11) is 3.29. The summed E-state index contributed by atoms with van der Waals surface area (Å²) in [5, 5.41) is 2.86. The third-order valence-electron chi connectivity index (χ3n) is 11.4. The first kappa shape index (κ1) is 52.7. The van der Waals surface area contributed by atoms with Crippen molar-refractivity contribution in [3.63, 3.8) is 0 Å². The zero-order chi connectivity index (χ0) is 51.0. The van der Waals surface area contributed by atoms with E-state index in [0.29, 0.717) is 96.5 Å². The van der Waals surface area contributed by atoms with Gasteiger partial charge in [0.25, 0.3) is 0 Å². The first-order valence-electron chi connectivity index (χ1n) is 24.2. The van der Waals surface area contributed by atoms with Gasteiger partial charge < -0.3 is 52.6 Å². The zero-order valence-corrected chi connectivity index (χ0v) is 43.5. The van der Waals surface area contributed by atoms with Crippen molar-refractivity contribution in [3.05, 3.63) is 124 Å². The van der Waals surface area contributed by atoms with E-state index in [-0.39, 0.29) is 0 Å². The Hall–Kier alpha value is -6.63. The van der Waals surface area contributed by atoms with Crippen LogP contribution in [-0.4, -0.2) is 125 Å². The molecule has 0 saturated heterocycles. The van der Waals surface area contributed by atoms with Gasteiger partial charge in [0.05, 0.1) is 98.8 Å². The average Bonchev–Trinajstić information content (AvgIpc) is 4.24. The number of anilines is 1. The van der Waals surface area contributed by atoms with E-state index in [2.05, 4.69) is 61.5 Å². The predicted octanol–water partition coefficient (Wildman–Crippen LogP) is 11.9. The molecule has 0 saturated carbocycles. The number of aromatic amines is 2. The van der Waals surface area contributed by atoms with E-state index in [1.54, 1.807) is 14.2 Å². The Kier molecular flexibility index (Phi) is 18.7. The summed E-state index contributed by atoms with van der Waals surface area (Å²) in [4.78, 5) is 30.9. The van der Waals surface area contributed by atoms with Crippen LogP contribution in [0, 0.1) is 0 Å². The van der Waals surface area contributed by atoms with Gasteiger partial charge in [0, 0.05) is 53.1 Å². The molecule has 0 unspecified atom stereocenters. The van der Waals surface area contributed by atoms with Crippen LogP contribution >= 0.6 is 15.9 Å². The van der Waals surface area contributed by atoms with Crippen molar-refractivity contribution in [2.45, 2.75) is 26.4 Å². The van der Waals surface area contributed by atoms with Gasteiger partial charge in [-0.15, -0.1) is 0 Å². The Morgan fingerprint density at radius 3 is 1.40 bits per heavy atom. The quantitative estimate of drug-likeness (QED) is 0.0490. The molecule has 0 atom stereocenters. The lowest BCUT2D eigenvalue weighted by Crippen LogP contribution is -2.27. The molecule has 1 amide bonds. The van der Waals surface area contributed by atoms with Crippen molar-refractivity contribution in [2.75, 3.05) is 98.8 Å². The van der Waals surface area contributed by atoms with Crippen LogP contribution < -0.4 is 14.8 Å². The second-order valence-corrected chi connectivity index (χ2v) is 18.6. The number of hydrogen-bond acceptors (Lipinski definition) is 12. The molecule has 5 heterocycles. The summed E-state index contributed by atoms with van der Waals surface area (Å²) in [5.41, 5.74) is 11.5. The number of amides is 1. The van der Waals surface area contributed by atoms with Crippen LogP contribution in [0.4, 0.5) is 10.5 Å². The minimum absolute atomic E-state index is 0.363. The molecule has 0 radical (unpaired) electrons. The molecule has 2 aliphatic heterocycles.